The fourth-order valence-electron chi connectivity index (χ4n) is 3.50. The van der Waals surface area contributed by atoms with E-state index in [-0.39, 0.29) is 10.9 Å². The number of sulfonamides is 1. The molecule has 1 fully saturated rings. The second-order valence-electron chi connectivity index (χ2n) is 7.37. The number of rotatable bonds is 8. The molecule has 8 nitrogen and oxygen atoms in total. The van der Waals surface area contributed by atoms with Crippen molar-refractivity contribution >= 4 is 15.9 Å². The van der Waals surface area contributed by atoms with E-state index in [9.17, 15) is 13.2 Å². The number of benzene rings is 1. The van der Waals surface area contributed by atoms with Crippen LogP contribution in [0.25, 0.3) is 0 Å². The SMILES string of the molecule is COCCNC(=O)c1ccc(CC2CCN(S(=O)(=O)c3cn(C)cn3)CC2)cc1. The molecule has 0 radical (unpaired) electrons. The smallest absolute Gasteiger partial charge is 0.262 e. The van der Waals surface area contributed by atoms with Gasteiger partial charge in [0.15, 0.2) is 5.03 Å². The summed E-state index contributed by atoms with van der Waals surface area (Å²) in [5, 5.41) is 2.91. The predicted octanol–water partition coefficient (Wildman–Crippen LogP) is 1.44. The van der Waals surface area contributed by atoms with E-state index in [1.165, 1.54) is 16.8 Å². The maximum atomic E-state index is 12.7. The summed E-state index contributed by atoms with van der Waals surface area (Å²) in [7, 11) is -0.161. The molecule has 0 spiro atoms. The average molecular weight is 421 g/mol. The molecule has 1 aliphatic rings. The molecule has 1 aromatic carbocycles. The Balaban J connectivity index is 1.51. The summed E-state index contributed by atoms with van der Waals surface area (Å²) in [4.78, 5) is 16.0. The number of carbonyl (C=O) groups excluding carboxylic acids is 1. The minimum Gasteiger partial charge on any atom is -0.383 e. The third kappa shape index (κ3) is 5.43. The van der Waals surface area contributed by atoms with Crippen LogP contribution in [-0.4, -0.2) is 61.5 Å². The van der Waals surface area contributed by atoms with Gasteiger partial charge in [0.1, 0.15) is 0 Å². The molecule has 0 saturated carbocycles. The first-order valence-electron chi connectivity index (χ1n) is 9.74. The summed E-state index contributed by atoms with van der Waals surface area (Å²) in [5.41, 5.74) is 1.78. The number of imidazole rings is 1. The highest BCUT2D eigenvalue weighted by atomic mass is 32.2. The molecule has 158 valence electrons. The summed E-state index contributed by atoms with van der Waals surface area (Å²) in [6.07, 6.45) is 5.54. The normalized spacial score (nSPS) is 16.1. The zero-order valence-electron chi connectivity index (χ0n) is 16.9. The van der Waals surface area contributed by atoms with Crippen molar-refractivity contribution in [1.82, 2.24) is 19.2 Å². The molecule has 0 atom stereocenters. The highest BCUT2D eigenvalue weighted by Crippen LogP contribution is 2.25. The molecule has 1 N–H and O–H groups in total. The van der Waals surface area contributed by atoms with Crippen LogP contribution < -0.4 is 5.32 Å². The van der Waals surface area contributed by atoms with Crippen molar-refractivity contribution in [1.29, 1.82) is 0 Å². The van der Waals surface area contributed by atoms with Crippen molar-refractivity contribution in [2.45, 2.75) is 24.3 Å². The summed E-state index contributed by atoms with van der Waals surface area (Å²) < 4.78 is 33.4. The van der Waals surface area contributed by atoms with E-state index in [0.29, 0.717) is 37.7 Å². The van der Waals surface area contributed by atoms with E-state index in [1.807, 2.05) is 24.3 Å². The summed E-state index contributed by atoms with van der Waals surface area (Å²) in [6, 6.07) is 7.61. The monoisotopic (exact) mass is 420 g/mol. The van der Waals surface area contributed by atoms with Crippen molar-refractivity contribution < 1.29 is 17.9 Å². The van der Waals surface area contributed by atoms with Crippen LogP contribution in [0.2, 0.25) is 0 Å². The van der Waals surface area contributed by atoms with Crippen molar-refractivity contribution in [2.75, 3.05) is 33.4 Å². The van der Waals surface area contributed by atoms with Crippen LogP contribution in [0.5, 0.6) is 0 Å². The predicted molar refractivity (Wildman–Crippen MR) is 109 cm³/mol. The fraction of sp³-hybridized carbons (Fsp3) is 0.500. The Bertz CT molecular complexity index is 916. The van der Waals surface area contributed by atoms with E-state index in [0.717, 1.165) is 24.8 Å². The topological polar surface area (TPSA) is 93.5 Å². The largest absolute Gasteiger partial charge is 0.383 e. The van der Waals surface area contributed by atoms with E-state index in [1.54, 1.807) is 18.7 Å². The van der Waals surface area contributed by atoms with Gasteiger partial charge in [-0.15, -0.1) is 0 Å². The van der Waals surface area contributed by atoms with Gasteiger partial charge in [-0.3, -0.25) is 4.79 Å². The van der Waals surface area contributed by atoms with Gasteiger partial charge in [0, 0.05) is 45.6 Å². The number of nitrogens with one attached hydrogen (secondary N) is 1. The lowest BCUT2D eigenvalue weighted by molar-refractivity contribution is 0.0937. The second kappa shape index (κ2) is 9.51. The first-order chi connectivity index (χ1) is 13.9. The van der Waals surface area contributed by atoms with Crippen LogP contribution in [0.15, 0.2) is 41.8 Å². The molecule has 0 unspecified atom stereocenters. The fourth-order valence-corrected chi connectivity index (χ4v) is 4.94. The number of carbonyl (C=O) groups is 1. The molecular weight excluding hydrogens is 392 g/mol. The van der Waals surface area contributed by atoms with E-state index in [2.05, 4.69) is 10.3 Å². The summed E-state index contributed by atoms with van der Waals surface area (Å²) in [5.74, 6) is 0.313. The van der Waals surface area contributed by atoms with Gasteiger partial charge in [-0.2, -0.15) is 4.31 Å². The van der Waals surface area contributed by atoms with E-state index < -0.39 is 10.0 Å². The third-order valence-electron chi connectivity index (χ3n) is 5.19. The number of hydrogen-bond acceptors (Lipinski definition) is 5. The van der Waals surface area contributed by atoms with Gasteiger partial charge < -0.3 is 14.6 Å². The minimum absolute atomic E-state index is 0.109. The van der Waals surface area contributed by atoms with Crippen LogP contribution in [0, 0.1) is 5.92 Å². The Kier molecular flexibility index (Phi) is 7.05. The highest BCUT2D eigenvalue weighted by molar-refractivity contribution is 7.89. The summed E-state index contributed by atoms with van der Waals surface area (Å²) >= 11 is 0. The van der Waals surface area contributed by atoms with Crippen LogP contribution in [0.3, 0.4) is 0 Å². The zero-order chi connectivity index (χ0) is 20.9. The molecule has 0 aliphatic carbocycles. The van der Waals surface area contributed by atoms with Gasteiger partial charge in [0.25, 0.3) is 15.9 Å². The molecule has 2 aromatic rings. The van der Waals surface area contributed by atoms with E-state index >= 15 is 0 Å². The maximum absolute atomic E-state index is 12.7. The van der Waals surface area contributed by atoms with Gasteiger partial charge in [0.05, 0.1) is 12.9 Å². The Morgan fingerprint density at radius 1 is 1.24 bits per heavy atom. The lowest BCUT2D eigenvalue weighted by Gasteiger charge is -2.30. The lowest BCUT2D eigenvalue weighted by atomic mass is 9.91. The van der Waals surface area contributed by atoms with Gasteiger partial charge in [-0.05, 0) is 42.9 Å². The number of hydrogen-bond donors (Lipinski definition) is 1. The Morgan fingerprint density at radius 3 is 2.52 bits per heavy atom. The third-order valence-corrected chi connectivity index (χ3v) is 6.98. The Hall–Kier alpha value is -2.23. The lowest BCUT2D eigenvalue weighted by Crippen LogP contribution is -2.39. The van der Waals surface area contributed by atoms with Gasteiger partial charge >= 0.3 is 0 Å². The Labute approximate surface area is 171 Å². The number of amides is 1. The van der Waals surface area contributed by atoms with Crippen LogP contribution in [-0.2, 0) is 28.2 Å². The van der Waals surface area contributed by atoms with Gasteiger partial charge in [-0.25, -0.2) is 13.4 Å². The molecule has 2 heterocycles. The number of ether oxygens (including phenoxy) is 1. The quantitative estimate of drug-likeness (QED) is 0.652. The van der Waals surface area contributed by atoms with Crippen molar-refractivity contribution in [3.8, 4) is 0 Å². The average Bonchev–Trinajstić information content (AvgIpc) is 3.16. The van der Waals surface area contributed by atoms with Crippen LogP contribution in [0.1, 0.15) is 28.8 Å². The number of methoxy groups -OCH3 is 1. The molecule has 29 heavy (non-hydrogen) atoms. The highest BCUT2D eigenvalue weighted by Gasteiger charge is 2.30. The number of nitrogens with zero attached hydrogens (tertiary/aromatic N) is 3. The van der Waals surface area contributed by atoms with Crippen LogP contribution in [0.4, 0.5) is 0 Å². The molecule has 3 rings (SSSR count). The van der Waals surface area contributed by atoms with Gasteiger partial charge in [-0.1, -0.05) is 12.1 Å². The molecule has 1 amide bonds. The maximum Gasteiger partial charge on any atom is 0.262 e. The number of piperidine rings is 1. The number of aromatic nitrogens is 2. The first-order valence-corrected chi connectivity index (χ1v) is 11.2. The number of aryl methyl sites for hydroxylation is 1. The molecular formula is C20H28N4O4S. The first kappa shape index (κ1) is 21.5. The van der Waals surface area contributed by atoms with Crippen LogP contribution >= 0.6 is 0 Å². The summed E-state index contributed by atoms with van der Waals surface area (Å²) in [6.45, 7) is 1.97. The van der Waals surface area contributed by atoms with Gasteiger partial charge in [0.2, 0.25) is 0 Å². The van der Waals surface area contributed by atoms with Crippen molar-refractivity contribution in [2.24, 2.45) is 13.0 Å². The molecule has 0 bridgehead atoms. The minimum atomic E-state index is -3.51. The molecule has 1 aromatic heterocycles. The molecule has 9 heteroatoms. The Morgan fingerprint density at radius 2 is 1.93 bits per heavy atom. The van der Waals surface area contributed by atoms with Crippen molar-refractivity contribution in [3.63, 3.8) is 0 Å². The van der Waals surface area contributed by atoms with Crippen molar-refractivity contribution in [3.05, 3.63) is 47.9 Å². The molecule has 1 saturated heterocycles. The zero-order valence-corrected chi connectivity index (χ0v) is 17.7. The molecule has 1 aliphatic heterocycles. The van der Waals surface area contributed by atoms with E-state index in [4.69, 9.17) is 4.74 Å². The standard InChI is InChI=1S/C20H28N4O4S/c1-23-14-19(22-15-23)29(26,27)24-10-7-17(8-11-24)13-16-3-5-18(6-4-16)20(25)21-9-12-28-2/h3-6,14-15,17H,7-13H2,1-2H3,(H,21,25). The second-order valence-corrected chi connectivity index (χ2v) is 9.26.